The van der Waals surface area contributed by atoms with Crippen LogP contribution in [0.5, 0.6) is 0 Å². The lowest BCUT2D eigenvalue weighted by atomic mass is 9.83. The van der Waals surface area contributed by atoms with Crippen LogP contribution in [0.3, 0.4) is 0 Å². The Labute approximate surface area is 122 Å². The Bertz CT molecular complexity index is 371. The third kappa shape index (κ3) is 4.50. The van der Waals surface area contributed by atoms with Crippen LogP contribution in [0.2, 0.25) is 5.02 Å². The molecule has 1 aliphatic carbocycles. The quantitative estimate of drug-likeness (QED) is 0.740. The monoisotopic (exact) mass is 279 g/mol. The summed E-state index contributed by atoms with van der Waals surface area (Å²) in [5, 5.41) is 4.60. The second kappa shape index (κ2) is 7.91. The van der Waals surface area contributed by atoms with Crippen molar-refractivity contribution in [2.75, 3.05) is 6.54 Å². The van der Waals surface area contributed by atoms with Crippen molar-refractivity contribution in [2.24, 2.45) is 5.92 Å². The molecule has 1 unspecified atom stereocenters. The summed E-state index contributed by atoms with van der Waals surface area (Å²) in [5.41, 5.74) is 1.28. The molecule has 0 radical (unpaired) electrons. The molecule has 1 aliphatic rings. The van der Waals surface area contributed by atoms with Crippen molar-refractivity contribution in [3.8, 4) is 0 Å². The minimum absolute atomic E-state index is 0.428. The average molecular weight is 280 g/mol. The highest BCUT2D eigenvalue weighted by Crippen LogP contribution is 2.34. The Morgan fingerprint density at radius 1 is 1.21 bits per heavy atom. The fourth-order valence-corrected chi connectivity index (χ4v) is 3.42. The average Bonchev–Trinajstić information content (AvgIpc) is 2.45. The van der Waals surface area contributed by atoms with Gasteiger partial charge in [-0.2, -0.15) is 0 Å². The molecule has 0 spiro atoms. The van der Waals surface area contributed by atoms with Crippen molar-refractivity contribution < 1.29 is 0 Å². The second-order valence-corrected chi connectivity index (χ2v) is 6.18. The minimum Gasteiger partial charge on any atom is -0.310 e. The van der Waals surface area contributed by atoms with Gasteiger partial charge in [-0.05, 0) is 36.9 Å². The van der Waals surface area contributed by atoms with Gasteiger partial charge in [0.05, 0.1) is 0 Å². The van der Waals surface area contributed by atoms with Crippen LogP contribution in [-0.4, -0.2) is 6.54 Å². The number of hydrogen-bond donors (Lipinski definition) is 1. The van der Waals surface area contributed by atoms with E-state index in [1.54, 1.807) is 0 Å². The number of nitrogens with one attached hydrogen (secondary N) is 1. The van der Waals surface area contributed by atoms with Gasteiger partial charge in [0.1, 0.15) is 0 Å². The lowest BCUT2D eigenvalue weighted by Crippen LogP contribution is -2.25. The highest BCUT2D eigenvalue weighted by Gasteiger charge is 2.21. The van der Waals surface area contributed by atoms with Crippen LogP contribution in [0, 0.1) is 5.92 Å². The highest BCUT2D eigenvalue weighted by atomic mass is 35.5. The van der Waals surface area contributed by atoms with Gasteiger partial charge in [-0.15, -0.1) is 0 Å². The van der Waals surface area contributed by atoms with Gasteiger partial charge in [-0.1, -0.05) is 68.8 Å². The zero-order valence-electron chi connectivity index (χ0n) is 12.0. The molecule has 1 aromatic carbocycles. The Hall–Kier alpha value is -0.530. The van der Waals surface area contributed by atoms with Crippen molar-refractivity contribution in [1.82, 2.24) is 5.32 Å². The topological polar surface area (TPSA) is 12.0 Å². The summed E-state index contributed by atoms with van der Waals surface area (Å²) in [4.78, 5) is 0. The molecule has 0 saturated heterocycles. The molecule has 19 heavy (non-hydrogen) atoms. The van der Waals surface area contributed by atoms with Gasteiger partial charge in [0, 0.05) is 11.1 Å². The zero-order valence-corrected chi connectivity index (χ0v) is 12.8. The van der Waals surface area contributed by atoms with Crippen LogP contribution in [0.4, 0.5) is 0 Å². The summed E-state index contributed by atoms with van der Waals surface area (Å²) in [5.74, 6) is 0.874. The number of halogens is 1. The standard InChI is InChI=1S/C17H26ClN/c1-2-12-19-17(13-14-8-4-3-5-9-14)15-10-6-7-11-16(15)18/h6-7,10-11,14,17,19H,2-5,8-9,12-13H2,1H3. The number of benzene rings is 1. The zero-order chi connectivity index (χ0) is 13.5. The Morgan fingerprint density at radius 2 is 1.95 bits per heavy atom. The highest BCUT2D eigenvalue weighted by molar-refractivity contribution is 6.31. The van der Waals surface area contributed by atoms with Gasteiger partial charge >= 0.3 is 0 Å². The normalized spacial score (nSPS) is 18.4. The van der Waals surface area contributed by atoms with Gasteiger partial charge in [-0.25, -0.2) is 0 Å². The smallest absolute Gasteiger partial charge is 0.0453 e. The van der Waals surface area contributed by atoms with E-state index >= 15 is 0 Å². The lowest BCUT2D eigenvalue weighted by molar-refractivity contribution is 0.300. The Balaban J connectivity index is 2.04. The van der Waals surface area contributed by atoms with Crippen LogP contribution >= 0.6 is 11.6 Å². The van der Waals surface area contributed by atoms with Crippen LogP contribution in [0.15, 0.2) is 24.3 Å². The molecular formula is C17H26ClN. The summed E-state index contributed by atoms with van der Waals surface area (Å²) < 4.78 is 0. The van der Waals surface area contributed by atoms with Crippen molar-refractivity contribution in [3.05, 3.63) is 34.9 Å². The fourth-order valence-electron chi connectivity index (χ4n) is 3.15. The summed E-state index contributed by atoms with van der Waals surface area (Å²) in [7, 11) is 0. The van der Waals surface area contributed by atoms with Crippen molar-refractivity contribution >= 4 is 11.6 Å². The molecule has 0 aromatic heterocycles. The molecule has 106 valence electrons. The minimum atomic E-state index is 0.428. The molecule has 1 nitrogen and oxygen atoms in total. The maximum absolute atomic E-state index is 6.38. The molecule has 1 aromatic rings. The van der Waals surface area contributed by atoms with Gasteiger partial charge in [0.15, 0.2) is 0 Å². The maximum Gasteiger partial charge on any atom is 0.0453 e. The van der Waals surface area contributed by atoms with Gasteiger partial charge in [-0.3, -0.25) is 0 Å². The maximum atomic E-state index is 6.38. The fraction of sp³-hybridized carbons (Fsp3) is 0.647. The predicted molar refractivity (Wildman–Crippen MR) is 83.7 cm³/mol. The van der Waals surface area contributed by atoms with E-state index in [1.807, 2.05) is 12.1 Å². The Kier molecular flexibility index (Phi) is 6.19. The van der Waals surface area contributed by atoms with E-state index in [4.69, 9.17) is 11.6 Å². The van der Waals surface area contributed by atoms with Gasteiger partial charge < -0.3 is 5.32 Å². The summed E-state index contributed by atoms with van der Waals surface area (Å²) >= 11 is 6.38. The molecule has 0 bridgehead atoms. The molecule has 0 aliphatic heterocycles. The van der Waals surface area contributed by atoms with E-state index in [0.717, 1.165) is 17.5 Å². The molecule has 1 saturated carbocycles. The van der Waals surface area contributed by atoms with Crippen molar-refractivity contribution in [1.29, 1.82) is 0 Å². The predicted octanol–water partition coefficient (Wildman–Crippen LogP) is 5.35. The van der Waals surface area contributed by atoms with E-state index in [0.29, 0.717) is 6.04 Å². The molecule has 1 fully saturated rings. The van der Waals surface area contributed by atoms with Crippen LogP contribution in [-0.2, 0) is 0 Å². The molecule has 1 atom stereocenters. The Morgan fingerprint density at radius 3 is 2.63 bits per heavy atom. The molecule has 2 rings (SSSR count). The summed E-state index contributed by atoms with van der Waals surface area (Å²) in [6, 6.07) is 8.74. The van der Waals surface area contributed by atoms with Crippen molar-refractivity contribution in [3.63, 3.8) is 0 Å². The molecule has 1 N–H and O–H groups in total. The lowest BCUT2D eigenvalue weighted by Gasteiger charge is -2.28. The van der Waals surface area contributed by atoms with E-state index in [9.17, 15) is 0 Å². The first kappa shape index (κ1) is 14.9. The van der Waals surface area contributed by atoms with Crippen molar-refractivity contribution in [2.45, 2.75) is 57.9 Å². The first-order chi connectivity index (χ1) is 9.31. The van der Waals surface area contributed by atoms with E-state index in [2.05, 4.69) is 24.4 Å². The van der Waals surface area contributed by atoms with E-state index in [1.165, 1.54) is 50.5 Å². The number of rotatable bonds is 6. The third-order valence-electron chi connectivity index (χ3n) is 4.22. The van der Waals surface area contributed by atoms with Gasteiger partial charge in [0.2, 0.25) is 0 Å². The van der Waals surface area contributed by atoms with E-state index < -0.39 is 0 Å². The SMILES string of the molecule is CCCNC(CC1CCCCC1)c1ccccc1Cl. The van der Waals surface area contributed by atoms with Gasteiger partial charge in [0.25, 0.3) is 0 Å². The largest absolute Gasteiger partial charge is 0.310 e. The van der Waals surface area contributed by atoms with Crippen LogP contribution < -0.4 is 5.32 Å². The number of hydrogen-bond acceptors (Lipinski definition) is 1. The molecule has 0 heterocycles. The first-order valence-electron chi connectivity index (χ1n) is 7.79. The molecule has 0 amide bonds. The van der Waals surface area contributed by atoms with E-state index in [-0.39, 0.29) is 0 Å². The molecule has 2 heteroatoms. The first-order valence-corrected chi connectivity index (χ1v) is 8.17. The second-order valence-electron chi connectivity index (χ2n) is 5.77. The molecular weight excluding hydrogens is 254 g/mol. The summed E-state index contributed by atoms with van der Waals surface area (Å²) in [6.45, 7) is 3.29. The van der Waals surface area contributed by atoms with Crippen LogP contribution in [0.25, 0.3) is 0 Å². The van der Waals surface area contributed by atoms with Crippen LogP contribution in [0.1, 0.15) is 63.5 Å². The summed E-state index contributed by atoms with van der Waals surface area (Å²) in [6.07, 6.45) is 9.45. The third-order valence-corrected chi connectivity index (χ3v) is 4.56.